The van der Waals surface area contributed by atoms with Crippen molar-refractivity contribution in [2.45, 2.75) is 69.9 Å². The van der Waals surface area contributed by atoms with Crippen molar-refractivity contribution >= 4 is 0 Å². The molecule has 1 atom stereocenters. The number of hydrogen-bond acceptors (Lipinski definition) is 5. The molecule has 6 heteroatoms. The summed E-state index contributed by atoms with van der Waals surface area (Å²) in [5.41, 5.74) is 2.67. The quantitative estimate of drug-likeness (QED) is 0.940. The first-order chi connectivity index (χ1) is 11.4. The van der Waals surface area contributed by atoms with E-state index < -0.39 is 0 Å². The van der Waals surface area contributed by atoms with E-state index in [0.717, 1.165) is 43.5 Å². The van der Waals surface area contributed by atoms with Gasteiger partial charge in [0.15, 0.2) is 5.82 Å². The average Bonchev–Trinajstić information content (AvgIpc) is 3.00. The Morgan fingerprint density at radius 2 is 2.00 bits per heavy atom. The van der Waals surface area contributed by atoms with Crippen molar-refractivity contribution in [2.75, 3.05) is 6.54 Å². The van der Waals surface area contributed by atoms with E-state index in [-0.39, 0.29) is 0 Å². The number of aromatic nitrogens is 4. The van der Waals surface area contributed by atoms with E-state index in [2.05, 4.69) is 20.0 Å². The zero-order chi connectivity index (χ0) is 15.2. The standard InChI is InChI=1S/C17H23N5O/c1-2-5-13-12(4-1)18-16(19-13)14-6-3-9-22(14)10-15-20-17(23-21-15)11-7-8-11/h11,14H,1-10H2,(H,18,19). The smallest absolute Gasteiger partial charge is 0.229 e. The minimum atomic E-state index is 0.378. The number of aryl methyl sites for hydroxylation is 2. The van der Waals surface area contributed by atoms with Gasteiger partial charge >= 0.3 is 0 Å². The molecule has 2 aromatic rings. The topological polar surface area (TPSA) is 70.8 Å². The molecular weight excluding hydrogens is 290 g/mol. The van der Waals surface area contributed by atoms with E-state index in [1.165, 1.54) is 49.9 Å². The number of nitrogens with one attached hydrogen (secondary N) is 1. The SMILES string of the molecule is C1CCc2[nH]c(C3CCCN3Cc3noc(C4CC4)n3)nc2C1. The van der Waals surface area contributed by atoms with Crippen molar-refractivity contribution in [3.05, 3.63) is 28.9 Å². The van der Waals surface area contributed by atoms with E-state index in [1.807, 2.05) is 0 Å². The number of imidazole rings is 1. The Kier molecular flexibility index (Phi) is 3.25. The normalized spacial score (nSPS) is 25.0. The molecule has 1 aliphatic heterocycles. The van der Waals surface area contributed by atoms with Crippen LogP contribution >= 0.6 is 0 Å². The van der Waals surface area contributed by atoms with Gasteiger partial charge in [-0.1, -0.05) is 5.16 Å². The fourth-order valence-corrected chi connectivity index (χ4v) is 3.97. The molecule has 6 nitrogen and oxygen atoms in total. The molecule has 0 spiro atoms. The Bertz CT molecular complexity index is 678. The third-order valence-electron chi connectivity index (χ3n) is 5.41. The third kappa shape index (κ3) is 2.59. The Morgan fingerprint density at radius 3 is 2.87 bits per heavy atom. The maximum Gasteiger partial charge on any atom is 0.229 e. The van der Waals surface area contributed by atoms with Crippen LogP contribution in [0.3, 0.4) is 0 Å². The number of rotatable bonds is 4. The van der Waals surface area contributed by atoms with Gasteiger partial charge in [0.2, 0.25) is 5.89 Å². The van der Waals surface area contributed by atoms with Crippen molar-refractivity contribution in [1.82, 2.24) is 25.0 Å². The van der Waals surface area contributed by atoms with Crippen LogP contribution < -0.4 is 0 Å². The predicted octanol–water partition coefficient (Wildman–Crippen LogP) is 2.89. The molecule has 3 aliphatic rings. The number of aromatic amines is 1. The van der Waals surface area contributed by atoms with Crippen LogP contribution in [0.2, 0.25) is 0 Å². The second kappa shape index (κ2) is 5.44. The van der Waals surface area contributed by atoms with Crippen molar-refractivity contribution in [2.24, 2.45) is 0 Å². The summed E-state index contributed by atoms with van der Waals surface area (Å²) < 4.78 is 5.39. The second-order valence-electron chi connectivity index (χ2n) is 7.21. The number of likely N-dealkylation sites (tertiary alicyclic amines) is 1. The largest absolute Gasteiger partial charge is 0.344 e. The zero-order valence-electron chi connectivity index (χ0n) is 13.4. The molecule has 1 N–H and O–H groups in total. The van der Waals surface area contributed by atoms with Crippen LogP contribution in [0, 0.1) is 0 Å². The summed E-state index contributed by atoms with van der Waals surface area (Å²) in [5, 5.41) is 4.18. The lowest BCUT2D eigenvalue weighted by Gasteiger charge is -2.20. The maximum absolute atomic E-state index is 5.39. The van der Waals surface area contributed by atoms with E-state index in [4.69, 9.17) is 9.51 Å². The van der Waals surface area contributed by atoms with Crippen LogP contribution in [-0.2, 0) is 19.4 Å². The van der Waals surface area contributed by atoms with Gasteiger partial charge in [-0.3, -0.25) is 4.90 Å². The highest BCUT2D eigenvalue weighted by Crippen LogP contribution is 2.39. The van der Waals surface area contributed by atoms with Crippen LogP contribution in [-0.4, -0.2) is 31.6 Å². The summed E-state index contributed by atoms with van der Waals surface area (Å²) in [6, 6.07) is 0.378. The Morgan fingerprint density at radius 1 is 1.09 bits per heavy atom. The number of fused-ring (bicyclic) bond motifs is 1. The average molecular weight is 313 g/mol. The Balaban J connectivity index is 1.34. The van der Waals surface area contributed by atoms with E-state index in [1.54, 1.807) is 0 Å². The number of H-pyrrole nitrogens is 1. The summed E-state index contributed by atoms with van der Waals surface area (Å²) in [6.07, 6.45) is 9.63. The van der Waals surface area contributed by atoms with Gasteiger partial charge in [-0.05, 0) is 57.9 Å². The van der Waals surface area contributed by atoms with Crippen LogP contribution in [0.1, 0.15) is 79.4 Å². The monoisotopic (exact) mass is 313 g/mol. The highest BCUT2D eigenvalue weighted by Gasteiger charge is 2.33. The van der Waals surface area contributed by atoms with E-state index in [0.29, 0.717) is 12.0 Å². The fraction of sp³-hybridized carbons (Fsp3) is 0.706. The highest BCUT2D eigenvalue weighted by atomic mass is 16.5. The van der Waals surface area contributed by atoms with Crippen molar-refractivity contribution in [1.29, 1.82) is 0 Å². The molecule has 1 unspecified atom stereocenters. The van der Waals surface area contributed by atoms with Gasteiger partial charge in [0.05, 0.1) is 18.3 Å². The molecule has 2 aliphatic carbocycles. The van der Waals surface area contributed by atoms with Gasteiger partial charge in [0.25, 0.3) is 0 Å². The Labute approximate surface area is 135 Å². The second-order valence-corrected chi connectivity index (χ2v) is 7.21. The lowest BCUT2D eigenvalue weighted by Crippen LogP contribution is -2.24. The molecule has 5 rings (SSSR count). The predicted molar refractivity (Wildman–Crippen MR) is 83.9 cm³/mol. The van der Waals surface area contributed by atoms with Crippen LogP contribution in [0.25, 0.3) is 0 Å². The maximum atomic E-state index is 5.39. The number of nitrogens with zero attached hydrogens (tertiary/aromatic N) is 4. The summed E-state index contributed by atoms with van der Waals surface area (Å²) in [7, 11) is 0. The summed E-state index contributed by atoms with van der Waals surface area (Å²) >= 11 is 0. The fourth-order valence-electron chi connectivity index (χ4n) is 3.97. The van der Waals surface area contributed by atoms with Gasteiger partial charge in [-0.2, -0.15) is 4.98 Å². The molecule has 1 saturated carbocycles. The molecule has 0 aromatic carbocycles. The first kappa shape index (κ1) is 13.7. The van der Waals surface area contributed by atoms with E-state index >= 15 is 0 Å². The molecule has 122 valence electrons. The molecular formula is C17H23N5O. The summed E-state index contributed by atoms with van der Waals surface area (Å²) in [4.78, 5) is 15.5. The van der Waals surface area contributed by atoms with Gasteiger partial charge in [-0.25, -0.2) is 4.98 Å². The highest BCUT2D eigenvalue weighted by molar-refractivity contribution is 5.19. The first-order valence-corrected chi connectivity index (χ1v) is 9.01. The van der Waals surface area contributed by atoms with E-state index in [9.17, 15) is 0 Å². The van der Waals surface area contributed by atoms with Crippen molar-refractivity contribution in [3.63, 3.8) is 0 Å². The molecule has 3 heterocycles. The van der Waals surface area contributed by atoms with Gasteiger partial charge in [0, 0.05) is 11.6 Å². The third-order valence-corrected chi connectivity index (χ3v) is 5.41. The minimum Gasteiger partial charge on any atom is -0.344 e. The zero-order valence-corrected chi connectivity index (χ0v) is 13.4. The van der Waals surface area contributed by atoms with Crippen LogP contribution in [0.4, 0.5) is 0 Å². The van der Waals surface area contributed by atoms with Gasteiger partial charge in [0.1, 0.15) is 5.82 Å². The van der Waals surface area contributed by atoms with Crippen molar-refractivity contribution < 1.29 is 4.52 Å². The minimum absolute atomic E-state index is 0.378. The summed E-state index contributed by atoms with van der Waals surface area (Å²) in [5.74, 6) is 3.35. The molecule has 2 fully saturated rings. The lowest BCUT2D eigenvalue weighted by atomic mass is 10.0. The molecule has 0 amide bonds. The number of hydrogen-bond donors (Lipinski definition) is 1. The van der Waals surface area contributed by atoms with Crippen molar-refractivity contribution in [3.8, 4) is 0 Å². The van der Waals surface area contributed by atoms with Gasteiger partial charge in [-0.15, -0.1) is 0 Å². The van der Waals surface area contributed by atoms with Gasteiger partial charge < -0.3 is 9.51 Å². The Hall–Kier alpha value is -1.69. The lowest BCUT2D eigenvalue weighted by molar-refractivity contribution is 0.230. The van der Waals surface area contributed by atoms with Crippen LogP contribution in [0.15, 0.2) is 4.52 Å². The molecule has 23 heavy (non-hydrogen) atoms. The van der Waals surface area contributed by atoms with Crippen LogP contribution in [0.5, 0.6) is 0 Å². The first-order valence-electron chi connectivity index (χ1n) is 9.01. The summed E-state index contributed by atoms with van der Waals surface area (Å²) in [6.45, 7) is 1.86. The molecule has 2 aromatic heterocycles. The molecule has 0 radical (unpaired) electrons. The molecule has 1 saturated heterocycles. The molecule has 0 bridgehead atoms.